The number of ether oxygens (including phenoxy) is 5. The second-order valence-electron chi connectivity index (χ2n) is 19.3. The maximum absolute atomic E-state index is 13.4. The molecule has 1 aliphatic rings. The molecule has 9 heteroatoms. The predicted octanol–water partition coefficient (Wildman–Crippen LogP) is 13.1. The molecule has 4 aromatic rings. The molecule has 1 amide bonds. The molecule has 71 heavy (non-hydrogen) atoms. The number of allylic oxidation sites excluding steroid dienone is 1. The molecule has 1 heterocycles. The van der Waals surface area contributed by atoms with Crippen LogP contribution in [0.25, 0.3) is 0 Å². The van der Waals surface area contributed by atoms with E-state index in [-0.39, 0.29) is 18.9 Å². The van der Waals surface area contributed by atoms with E-state index in [2.05, 4.69) is 18.3 Å². The number of carbonyl (C=O) groups excluding carboxylic acids is 1. The van der Waals surface area contributed by atoms with Crippen molar-refractivity contribution in [2.24, 2.45) is 0 Å². The van der Waals surface area contributed by atoms with Crippen molar-refractivity contribution in [3.8, 4) is 0 Å². The van der Waals surface area contributed by atoms with E-state index in [1.165, 1.54) is 83.5 Å². The zero-order chi connectivity index (χ0) is 50.0. The third kappa shape index (κ3) is 22.9. The summed E-state index contributed by atoms with van der Waals surface area (Å²) in [7, 11) is 0. The van der Waals surface area contributed by atoms with Crippen molar-refractivity contribution in [3.63, 3.8) is 0 Å². The second kappa shape index (κ2) is 35.6. The smallest absolute Gasteiger partial charge is 0.224 e. The minimum absolute atomic E-state index is 0.189. The van der Waals surface area contributed by atoms with E-state index in [0.717, 1.165) is 35.1 Å². The molecule has 1 aliphatic heterocycles. The molecule has 2 unspecified atom stereocenters. The van der Waals surface area contributed by atoms with Crippen LogP contribution in [-0.4, -0.2) is 71.5 Å². The lowest BCUT2D eigenvalue weighted by atomic mass is 9.92. The van der Waals surface area contributed by atoms with Gasteiger partial charge in [-0.15, -0.1) is 0 Å². The Kier molecular flexibility index (Phi) is 28.8. The first-order chi connectivity index (χ1) is 34.9. The van der Waals surface area contributed by atoms with Crippen molar-refractivity contribution < 1.29 is 38.7 Å². The van der Waals surface area contributed by atoms with Crippen LogP contribution in [0.2, 0.25) is 0 Å². The van der Waals surface area contributed by atoms with Gasteiger partial charge in [0.2, 0.25) is 5.91 Å². The SMILES string of the molecule is CCCCCCCCCCCCCCCCC=CCC(=O)N[C@@H](C=CC[C@H]1OC(COCc2ccccc2)[C@H](OCc2ccccc2)[C@@H](OCc2ccccc2)C1OCc1ccccc1)[C@H](O)[C@H](O)CC. The number of unbranched alkanes of at least 4 members (excludes halogenated alkanes) is 14. The average molecular weight is 974 g/mol. The van der Waals surface area contributed by atoms with E-state index in [1.54, 1.807) is 6.08 Å². The third-order valence-electron chi connectivity index (χ3n) is 13.4. The Balaban J connectivity index is 1.25. The first-order valence-electron chi connectivity index (χ1n) is 27.2. The molecule has 3 N–H and O–H groups in total. The molecule has 0 radical (unpaired) electrons. The van der Waals surface area contributed by atoms with Gasteiger partial charge in [0.25, 0.3) is 0 Å². The molecule has 0 saturated carbocycles. The highest BCUT2D eigenvalue weighted by atomic mass is 16.6. The zero-order valence-corrected chi connectivity index (χ0v) is 43.1. The van der Waals surface area contributed by atoms with Gasteiger partial charge >= 0.3 is 0 Å². The van der Waals surface area contributed by atoms with Gasteiger partial charge in [-0.25, -0.2) is 0 Å². The number of nitrogens with one attached hydrogen (secondary N) is 1. The van der Waals surface area contributed by atoms with Gasteiger partial charge < -0.3 is 39.2 Å². The molecule has 1 saturated heterocycles. The fraction of sp³-hybridized carbons (Fsp3) is 0.532. The molecule has 4 aromatic carbocycles. The van der Waals surface area contributed by atoms with Crippen LogP contribution in [0.15, 0.2) is 146 Å². The molecule has 8 atom stereocenters. The Labute approximate surface area is 427 Å². The van der Waals surface area contributed by atoms with Crippen molar-refractivity contribution in [1.29, 1.82) is 0 Å². The standard InChI is InChI=1S/C62H87NO8/c1-3-5-6-7-8-9-10-11-12-13-14-15-16-17-18-19-32-44-58(65)63-54(59(66)55(64)4-2)42-33-43-56-60(68-46-51-36-26-21-27-37-51)62(70-48-53-40-30-23-31-41-53)61(69-47-52-38-28-22-29-39-52)57(71-56)49-67-45-50-34-24-20-25-35-50/h19-42,54-57,59-62,64,66H,3-18,43-49H2,1-2H3,(H,63,65)/t54-,55+,56+,57?,59-,60?,61-,62-/m0/s1. The number of aliphatic hydroxyl groups is 2. The number of aliphatic hydroxyl groups excluding tert-OH is 2. The average Bonchev–Trinajstić information content (AvgIpc) is 3.40. The highest BCUT2D eigenvalue weighted by Crippen LogP contribution is 2.33. The van der Waals surface area contributed by atoms with Crippen LogP contribution in [0.5, 0.6) is 0 Å². The molecule has 388 valence electrons. The Morgan fingerprint density at radius 1 is 0.549 bits per heavy atom. The molecular weight excluding hydrogens is 887 g/mol. The van der Waals surface area contributed by atoms with Crippen LogP contribution in [0, 0.1) is 0 Å². The van der Waals surface area contributed by atoms with Crippen molar-refractivity contribution >= 4 is 5.91 Å². The monoisotopic (exact) mass is 974 g/mol. The highest BCUT2D eigenvalue weighted by molar-refractivity contribution is 5.78. The van der Waals surface area contributed by atoms with Crippen LogP contribution in [0.4, 0.5) is 0 Å². The Morgan fingerprint density at radius 3 is 1.46 bits per heavy atom. The second-order valence-corrected chi connectivity index (χ2v) is 19.3. The lowest BCUT2D eigenvalue weighted by Crippen LogP contribution is -2.61. The first kappa shape index (κ1) is 57.5. The molecule has 0 aliphatic carbocycles. The van der Waals surface area contributed by atoms with Crippen molar-refractivity contribution in [3.05, 3.63) is 168 Å². The minimum atomic E-state index is -1.21. The zero-order valence-electron chi connectivity index (χ0n) is 43.1. The van der Waals surface area contributed by atoms with E-state index < -0.39 is 48.8 Å². The van der Waals surface area contributed by atoms with Gasteiger partial charge in [0.1, 0.15) is 30.5 Å². The molecule has 0 bridgehead atoms. The fourth-order valence-corrected chi connectivity index (χ4v) is 9.17. The van der Waals surface area contributed by atoms with Crippen molar-refractivity contribution in [1.82, 2.24) is 5.32 Å². The van der Waals surface area contributed by atoms with Crippen LogP contribution in [0.1, 0.15) is 152 Å². The van der Waals surface area contributed by atoms with Gasteiger partial charge in [0, 0.05) is 6.42 Å². The van der Waals surface area contributed by atoms with Gasteiger partial charge in [0.15, 0.2) is 0 Å². The van der Waals surface area contributed by atoms with Gasteiger partial charge in [-0.2, -0.15) is 0 Å². The van der Waals surface area contributed by atoms with Crippen LogP contribution in [0.3, 0.4) is 0 Å². The van der Waals surface area contributed by atoms with E-state index in [0.29, 0.717) is 39.3 Å². The molecule has 0 spiro atoms. The van der Waals surface area contributed by atoms with E-state index in [9.17, 15) is 15.0 Å². The lowest BCUT2D eigenvalue weighted by Gasteiger charge is -2.46. The minimum Gasteiger partial charge on any atom is -0.390 e. The summed E-state index contributed by atoms with van der Waals surface area (Å²) >= 11 is 0. The maximum atomic E-state index is 13.4. The van der Waals surface area contributed by atoms with E-state index >= 15 is 0 Å². The summed E-state index contributed by atoms with van der Waals surface area (Å²) in [6, 6.07) is 39.4. The normalized spacial score (nSPS) is 19.5. The molecule has 5 rings (SSSR count). The fourth-order valence-electron chi connectivity index (χ4n) is 9.17. The molecule has 0 aromatic heterocycles. The Hall–Kier alpha value is -4.45. The summed E-state index contributed by atoms with van der Waals surface area (Å²) in [6.45, 7) is 5.69. The van der Waals surface area contributed by atoms with Crippen molar-refractivity contribution in [2.75, 3.05) is 6.61 Å². The summed E-state index contributed by atoms with van der Waals surface area (Å²) in [5.41, 5.74) is 4.09. The number of benzene rings is 4. The van der Waals surface area contributed by atoms with E-state index in [1.807, 2.05) is 140 Å². The van der Waals surface area contributed by atoms with Gasteiger partial charge in [-0.3, -0.25) is 4.79 Å². The number of rotatable bonds is 37. The quantitative estimate of drug-likeness (QED) is 0.0302. The summed E-state index contributed by atoms with van der Waals surface area (Å²) in [5.74, 6) is -0.222. The lowest BCUT2D eigenvalue weighted by molar-refractivity contribution is -0.271. The largest absolute Gasteiger partial charge is 0.390 e. The Bertz CT molecular complexity index is 1980. The number of hydrogen-bond acceptors (Lipinski definition) is 8. The summed E-state index contributed by atoms with van der Waals surface area (Å²) in [6.07, 6.45) is 23.0. The van der Waals surface area contributed by atoms with Crippen LogP contribution >= 0.6 is 0 Å². The Morgan fingerprint density at radius 2 is 0.986 bits per heavy atom. The molecule has 9 nitrogen and oxygen atoms in total. The molecular formula is C62H87NO8. The number of hydrogen-bond donors (Lipinski definition) is 3. The van der Waals surface area contributed by atoms with Crippen LogP contribution in [-0.2, 0) is 54.9 Å². The van der Waals surface area contributed by atoms with Gasteiger partial charge in [0.05, 0.1) is 51.3 Å². The van der Waals surface area contributed by atoms with Crippen molar-refractivity contribution in [2.45, 2.75) is 205 Å². The maximum Gasteiger partial charge on any atom is 0.224 e. The summed E-state index contributed by atoms with van der Waals surface area (Å²) in [4.78, 5) is 13.4. The number of amides is 1. The summed E-state index contributed by atoms with van der Waals surface area (Å²) < 4.78 is 34.0. The molecule has 1 fully saturated rings. The predicted molar refractivity (Wildman–Crippen MR) is 286 cm³/mol. The first-order valence-corrected chi connectivity index (χ1v) is 27.2. The summed E-state index contributed by atoms with van der Waals surface area (Å²) in [5, 5.41) is 25.2. The number of carbonyl (C=O) groups is 1. The van der Waals surface area contributed by atoms with Gasteiger partial charge in [-0.1, -0.05) is 243 Å². The van der Waals surface area contributed by atoms with E-state index in [4.69, 9.17) is 23.7 Å². The highest BCUT2D eigenvalue weighted by Gasteiger charge is 2.48. The topological polar surface area (TPSA) is 116 Å². The van der Waals surface area contributed by atoms with Crippen LogP contribution < -0.4 is 5.32 Å². The van der Waals surface area contributed by atoms with Gasteiger partial charge in [-0.05, 0) is 47.9 Å². The third-order valence-corrected chi connectivity index (χ3v) is 13.4.